The molecule has 2 amide bonds. The maximum Gasteiger partial charge on any atom is 0.255 e. The average molecular weight is 418 g/mol. The number of benzene rings is 3. The van der Waals surface area contributed by atoms with E-state index in [1.165, 1.54) is 0 Å². The van der Waals surface area contributed by atoms with Gasteiger partial charge in [-0.2, -0.15) is 0 Å². The number of carbonyl (C=O) groups excluding carboxylic acids is 2. The van der Waals surface area contributed by atoms with Crippen molar-refractivity contribution in [3.63, 3.8) is 0 Å². The molecule has 0 heterocycles. The van der Waals surface area contributed by atoms with Crippen LogP contribution in [-0.2, 0) is 11.3 Å². The number of aryl methyl sites for hydroxylation is 1. The normalized spacial score (nSPS) is 10.4. The number of carbonyl (C=O) groups is 2. The molecule has 160 valence electrons. The zero-order valence-electron chi connectivity index (χ0n) is 17.7. The fourth-order valence-electron chi connectivity index (χ4n) is 2.92. The highest BCUT2D eigenvalue weighted by Gasteiger charge is 2.09. The number of anilines is 1. The lowest BCUT2D eigenvalue weighted by molar-refractivity contribution is 0.0949. The molecule has 0 radical (unpaired) electrons. The number of methoxy groups -OCH3 is 1. The van der Waals surface area contributed by atoms with E-state index >= 15 is 0 Å². The summed E-state index contributed by atoms with van der Waals surface area (Å²) < 4.78 is 10.5. The van der Waals surface area contributed by atoms with E-state index in [9.17, 15) is 9.59 Å². The standard InChI is InChI=1S/C25H26N2O4/c1-18-9-11-20(12-10-18)25(29)27-22-7-3-5-19(15-22)17-26-24(28)21-6-4-8-23(16-21)31-14-13-30-2/h3-12,15-16H,13-14,17H2,1-2H3,(H,26,28)(H,27,29). The van der Waals surface area contributed by atoms with E-state index in [0.29, 0.717) is 42.3 Å². The summed E-state index contributed by atoms with van der Waals surface area (Å²) >= 11 is 0. The summed E-state index contributed by atoms with van der Waals surface area (Å²) in [6, 6.07) is 21.8. The van der Waals surface area contributed by atoms with Gasteiger partial charge in [-0.25, -0.2) is 0 Å². The third kappa shape index (κ3) is 6.69. The Morgan fingerprint density at radius 3 is 2.39 bits per heavy atom. The van der Waals surface area contributed by atoms with Crippen LogP contribution in [-0.4, -0.2) is 32.1 Å². The number of hydrogen-bond donors (Lipinski definition) is 2. The minimum atomic E-state index is -0.203. The quantitative estimate of drug-likeness (QED) is 0.511. The third-order valence-electron chi connectivity index (χ3n) is 4.60. The molecule has 6 nitrogen and oxygen atoms in total. The van der Waals surface area contributed by atoms with Gasteiger partial charge in [-0.05, 0) is 55.0 Å². The number of ether oxygens (including phenoxy) is 2. The van der Waals surface area contributed by atoms with E-state index in [1.807, 2.05) is 43.3 Å². The van der Waals surface area contributed by atoms with E-state index in [2.05, 4.69) is 10.6 Å². The first-order chi connectivity index (χ1) is 15.0. The number of rotatable bonds is 9. The second-order valence-electron chi connectivity index (χ2n) is 7.07. The smallest absolute Gasteiger partial charge is 0.255 e. The minimum Gasteiger partial charge on any atom is -0.491 e. The summed E-state index contributed by atoms with van der Waals surface area (Å²) in [5, 5.41) is 5.79. The molecule has 6 heteroatoms. The molecule has 0 unspecified atom stereocenters. The van der Waals surface area contributed by atoms with Crippen LogP contribution in [0.4, 0.5) is 5.69 Å². The molecule has 0 aliphatic carbocycles. The van der Waals surface area contributed by atoms with Gasteiger partial charge >= 0.3 is 0 Å². The van der Waals surface area contributed by atoms with Gasteiger partial charge in [0.05, 0.1) is 6.61 Å². The highest BCUT2D eigenvalue weighted by atomic mass is 16.5. The zero-order chi connectivity index (χ0) is 22.1. The van der Waals surface area contributed by atoms with Gasteiger partial charge in [-0.3, -0.25) is 9.59 Å². The zero-order valence-corrected chi connectivity index (χ0v) is 17.7. The molecule has 3 rings (SSSR count). The molecule has 0 atom stereocenters. The highest BCUT2D eigenvalue weighted by Crippen LogP contribution is 2.15. The Morgan fingerprint density at radius 1 is 0.839 bits per heavy atom. The molecule has 0 aliphatic rings. The van der Waals surface area contributed by atoms with Gasteiger partial charge in [0, 0.05) is 30.5 Å². The van der Waals surface area contributed by atoms with E-state index < -0.39 is 0 Å². The van der Waals surface area contributed by atoms with Crippen molar-refractivity contribution in [1.29, 1.82) is 0 Å². The maximum absolute atomic E-state index is 12.5. The van der Waals surface area contributed by atoms with Crippen molar-refractivity contribution in [2.75, 3.05) is 25.6 Å². The summed E-state index contributed by atoms with van der Waals surface area (Å²) in [6.07, 6.45) is 0. The largest absolute Gasteiger partial charge is 0.491 e. The summed E-state index contributed by atoms with van der Waals surface area (Å²) in [5.74, 6) is 0.239. The van der Waals surface area contributed by atoms with Crippen LogP contribution in [0.5, 0.6) is 5.75 Å². The summed E-state index contributed by atoms with van der Waals surface area (Å²) in [7, 11) is 1.61. The Balaban J connectivity index is 1.57. The molecule has 0 aromatic heterocycles. The number of amides is 2. The number of nitrogens with one attached hydrogen (secondary N) is 2. The molecule has 0 saturated carbocycles. The van der Waals surface area contributed by atoms with Crippen LogP contribution in [0.1, 0.15) is 31.8 Å². The maximum atomic E-state index is 12.5. The lowest BCUT2D eigenvalue weighted by Crippen LogP contribution is -2.23. The third-order valence-corrected chi connectivity index (χ3v) is 4.60. The Labute approximate surface area is 182 Å². The summed E-state index contributed by atoms with van der Waals surface area (Å²) in [6.45, 7) is 3.21. The fraction of sp³-hybridized carbons (Fsp3) is 0.200. The number of hydrogen-bond acceptors (Lipinski definition) is 4. The predicted octanol–water partition coefficient (Wildman–Crippen LogP) is 4.20. The van der Waals surface area contributed by atoms with Crippen molar-refractivity contribution in [2.45, 2.75) is 13.5 Å². The molecule has 3 aromatic rings. The van der Waals surface area contributed by atoms with Crippen LogP contribution in [0, 0.1) is 6.92 Å². The molecule has 0 aliphatic heterocycles. The minimum absolute atomic E-state index is 0.175. The fourth-order valence-corrected chi connectivity index (χ4v) is 2.92. The molecule has 0 bridgehead atoms. The Bertz CT molecular complexity index is 1030. The molecule has 31 heavy (non-hydrogen) atoms. The monoisotopic (exact) mass is 418 g/mol. The molecule has 0 saturated heterocycles. The van der Waals surface area contributed by atoms with Gasteiger partial charge in [-0.15, -0.1) is 0 Å². The summed E-state index contributed by atoms with van der Waals surface area (Å²) in [5.41, 5.74) is 3.76. The SMILES string of the molecule is COCCOc1cccc(C(=O)NCc2cccc(NC(=O)c3ccc(C)cc3)c2)c1. The van der Waals surface area contributed by atoms with Crippen molar-refractivity contribution in [2.24, 2.45) is 0 Å². The van der Waals surface area contributed by atoms with Gasteiger partial charge in [0.2, 0.25) is 0 Å². The first kappa shape index (κ1) is 22.1. The molecule has 0 fully saturated rings. The van der Waals surface area contributed by atoms with E-state index in [0.717, 1.165) is 11.1 Å². The average Bonchev–Trinajstić information content (AvgIpc) is 2.78. The van der Waals surface area contributed by atoms with Crippen LogP contribution < -0.4 is 15.4 Å². The van der Waals surface area contributed by atoms with E-state index in [4.69, 9.17) is 9.47 Å². The van der Waals surface area contributed by atoms with Gasteiger partial charge < -0.3 is 20.1 Å². The van der Waals surface area contributed by atoms with Crippen LogP contribution in [0.15, 0.2) is 72.8 Å². The molecule has 3 aromatic carbocycles. The molecule has 0 spiro atoms. The second-order valence-corrected chi connectivity index (χ2v) is 7.07. The van der Waals surface area contributed by atoms with E-state index in [1.54, 1.807) is 43.5 Å². The Kier molecular flexibility index (Phi) is 7.79. The second kappa shape index (κ2) is 10.9. The Morgan fingerprint density at radius 2 is 1.61 bits per heavy atom. The van der Waals surface area contributed by atoms with Gasteiger partial charge in [0.25, 0.3) is 11.8 Å². The summed E-state index contributed by atoms with van der Waals surface area (Å²) in [4.78, 5) is 24.9. The van der Waals surface area contributed by atoms with Crippen molar-refractivity contribution < 1.29 is 19.1 Å². The van der Waals surface area contributed by atoms with Gasteiger partial charge in [0.1, 0.15) is 12.4 Å². The van der Waals surface area contributed by atoms with Crippen LogP contribution in [0.3, 0.4) is 0 Å². The van der Waals surface area contributed by atoms with E-state index in [-0.39, 0.29) is 11.8 Å². The molecule has 2 N–H and O–H groups in total. The topological polar surface area (TPSA) is 76.7 Å². The van der Waals surface area contributed by atoms with Crippen molar-refractivity contribution in [1.82, 2.24) is 5.32 Å². The molecular weight excluding hydrogens is 392 g/mol. The highest BCUT2D eigenvalue weighted by molar-refractivity contribution is 6.04. The van der Waals surface area contributed by atoms with Crippen molar-refractivity contribution >= 4 is 17.5 Å². The van der Waals surface area contributed by atoms with Gasteiger partial charge in [-0.1, -0.05) is 35.9 Å². The predicted molar refractivity (Wildman–Crippen MR) is 121 cm³/mol. The first-order valence-corrected chi connectivity index (χ1v) is 10.0. The first-order valence-electron chi connectivity index (χ1n) is 10.0. The van der Waals surface area contributed by atoms with Crippen LogP contribution in [0.2, 0.25) is 0 Å². The van der Waals surface area contributed by atoms with Gasteiger partial charge in [0.15, 0.2) is 0 Å². The van der Waals surface area contributed by atoms with Crippen LogP contribution in [0.25, 0.3) is 0 Å². The molecular formula is C25H26N2O4. The van der Waals surface area contributed by atoms with Crippen LogP contribution >= 0.6 is 0 Å². The lowest BCUT2D eigenvalue weighted by Gasteiger charge is -2.10. The van der Waals surface area contributed by atoms with Crippen molar-refractivity contribution in [3.05, 3.63) is 95.1 Å². The Hall–Kier alpha value is -3.64. The lowest BCUT2D eigenvalue weighted by atomic mass is 10.1. The van der Waals surface area contributed by atoms with Crippen molar-refractivity contribution in [3.8, 4) is 5.75 Å².